The molecule has 1 heterocycles. The Morgan fingerprint density at radius 2 is 1.88 bits per heavy atom. The van der Waals surface area contributed by atoms with Crippen molar-refractivity contribution >= 4 is 17.6 Å². The summed E-state index contributed by atoms with van der Waals surface area (Å²) in [7, 11) is 0. The fraction of sp³-hybridized carbons (Fsp3) is 0.444. The third-order valence-corrected chi connectivity index (χ3v) is 7.06. The first kappa shape index (κ1) is 24.6. The molecule has 0 saturated carbocycles. The lowest BCUT2D eigenvalue weighted by Crippen LogP contribution is -2.50. The van der Waals surface area contributed by atoms with E-state index in [9.17, 15) is 14.4 Å². The maximum Gasteiger partial charge on any atom is 0.248 e. The molecule has 0 radical (unpaired) electrons. The second-order valence-corrected chi connectivity index (χ2v) is 9.58. The number of ketones is 1. The van der Waals surface area contributed by atoms with Crippen LogP contribution in [0.4, 0.5) is 0 Å². The third-order valence-electron chi connectivity index (χ3n) is 7.06. The number of carbonyl (C=O) groups excluding carboxylic acids is 3. The zero-order valence-corrected chi connectivity index (χ0v) is 19.8. The van der Waals surface area contributed by atoms with Crippen LogP contribution in [0.15, 0.2) is 54.6 Å². The Bertz CT molecular complexity index is 991. The minimum Gasteiger partial charge on any atom is -0.366 e. The van der Waals surface area contributed by atoms with Gasteiger partial charge in [-0.15, -0.1) is 0 Å². The Hall–Kier alpha value is -2.99. The molecule has 3 rings (SSSR count). The van der Waals surface area contributed by atoms with E-state index < -0.39 is 5.91 Å². The van der Waals surface area contributed by atoms with Gasteiger partial charge in [0.2, 0.25) is 11.8 Å². The van der Waals surface area contributed by atoms with E-state index in [-0.39, 0.29) is 29.6 Å². The number of nitrogens with one attached hydrogen (secondary N) is 1. The van der Waals surface area contributed by atoms with Crippen LogP contribution in [0.5, 0.6) is 0 Å². The standard InChI is InChI=1S/C27H35N3O3/c1-19-17-30(13-12-27(19,3)24-11-7-10-22(15-24)25(28)32)18-23(26(33)29-16-20(2)31)14-21-8-5-4-6-9-21/h4-11,15,19,23H,12-14,16-18H2,1-3H3,(H2,28,32)(H,29,33)/t19-,23-,27+/m0/s1. The molecule has 2 aromatic rings. The zero-order chi connectivity index (χ0) is 24.0. The van der Waals surface area contributed by atoms with Crippen molar-refractivity contribution in [2.24, 2.45) is 17.6 Å². The number of nitrogens with zero attached hydrogens (tertiary/aromatic N) is 1. The summed E-state index contributed by atoms with van der Waals surface area (Å²) in [4.78, 5) is 38.3. The molecule has 0 spiro atoms. The number of rotatable bonds is 9. The maximum absolute atomic E-state index is 12.9. The summed E-state index contributed by atoms with van der Waals surface area (Å²) in [6.45, 7) is 8.36. The Morgan fingerprint density at radius 1 is 1.15 bits per heavy atom. The van der Waals surface area contributed by atoms with E-state index in [0.717, 1.165) is 30.6 Å². The first-order valence-corrected chi connectivity index (χ1v) is 11.6. The van der Waals surface area contributed by atoms with Gasteiger partial charge in [0.15, 0.2) is 0 Å². The molecule has 1 saturated heterocycles. The summed E-state index contributed by atoms with van der Waals surface area (Å²) in [5.74, 6) is -0.453. The van der Waals surface area contributed by atoms with Crippen LogP contribution in [0.1, 0.15) is 48.7 Å². The second-order valence-electron chi connectivity index (χ2n) is 9.58. The fourth-order valence-corrected chi connectivity index (χ4v) is 4.75. The molecule has 0 aliphatic carbocycles. The van der Waals surface area contributed by atoms with Gasteiger partial charge in [0.05, 0.1) is 12.5 Å². The average Bonchev–Trinajstić information content (AvgIpc) is 2.80. The lowest BCUT2D eigenvalue weighted by Gasteiger charge is -2.46. The molecule has 2 aromatic carbocycles. The van der Waals surface area contributed by atoms with Crippen LogP contribution >= 0.6 is 0 Å². The van der Waals surface area contributed by atoms with E-state index in [4.69, 9.17) is 5.73 Å². The molecule has 33 heavy (non-hydrogen) atoms. The van der Waals surface area contributed by atoms with Gasteiger partial charge >= 0.3 is 0 Å². The monoisotopic (exact) mass is 449 g/mol. The van der Waals surface area contributed by atoms with Crippen LogP contribution < -0.4 is 11.1 Å². The van der Waals surface area contributed by atoms with E-state index in [1.54, 1.807) is 6.07 Å². The van der Waals surface area contributed by atoms with Crippen molar-refractivity contribution in [1.82, 2.24) is 10.2 Å². The van der Waals surface area contributed by atoms with E-state index in [0.29, 0.717) is 24.4 Å². The molecule has 3 atom stereocenters. The number of piperidine rings is 1. The predicted molar refractivity (Wildman–Crippen MR) is 130 cm³/mol. The summed E-state index contributed by atoms with van der Waals surface area (Å²) in [6.07, 6.45) is 1.55. The summed E-state index contributed by atoms with van der Waals surface area (Å²) in [5, 5.41) is 2.80. The van der Waals surface area contributed by atoms with Crippen LogP contribution in [0.2, 0.25) is 0 Å². The van der Waals surface area contributed by atoms with Gasteiger partial charge in [-0.25, -0.2) is 0 Å². The molecular formula is C27H35N3O3. The quantitative estimate of drug-likeness (QED) is 0.616. The number of amides is 2. The predicted octanol–water partition coefficient (Wildman–Crippen LogP) is 2.95. The van der Waals surface area contributed by atoms with Crippen molar-refractivity contribution in [2.75, 3.05) is 26.2 Å². The van der Waals surface area contributed by atoms with Crippen molar-refractivity contribution in [3.8, 4) is 0 Å². The number of Topliss-reactive ketones (excluding diaryl/α,β-unsaturated/α-hetero) is 1. The van der Waals surface area contributed by atoms with Crippen LogP contribution in [-0.4, -0.2) is 48.7 Å². The van der Waals surface area contributed by atoms with E-state index in [1.807, 2.05) is 42.5 Å². The first-order valence-electron chi connectivity index (χ1n) is 11.6. The first-order chi connectivity index (χ1) is 15.7. The highest BCUT2D eigenvalue weighted by atomic mass is 16.2. The summed E-state index contributed by atoms with van der Waals surface area (Å²) in [6, 6.07) is 17.6. The van der Waals surface area contributed by atoms with Gasteiger partial charge in [0, 0.05) is 18.7 Å². The Morgan fingerprint density at radius 3 is 2.52 bits per heavy atom. The van der Waals surface area contributed by atoms with E-state index >= 15 is 0 Å². The highest BCUT2D eigenvalue weighted by Gasteiger charge is 2.39. The van der Waals surface area contributed by atoms with Crippen molar-refractivity contribution < 1.29 is 14.4 Å². The third kappa shape index (κ3) is 6.29. The lowest BCUT2D eigenvalue weighted by atomic mass is 9.67. The number of nitrogens with two attached hydrogens (primary N) is 1. The average molecular weight is 450 g/mol. The van der Waals surface area contributed by atoms with Crippen molar-refractivity contribution in [3.05, 3.63) is 71.3 Å². The number of benzene rings is 2. The molecule has 1 aliphatic rings. The van der Waals surface area contributed by atoms with Crippen LogP contribution in [0.25, 0.3) is 0 Å². The number of hydrogen-bond acceptors (Lipinski definition) is 4. The highest BCUT2D eigenvalue weighted by Crippen LogP contribution is 2.39. The second kappa shape index (κ2) is 10.8. The molecule has 3 N–H and O–H groups in total. The molecule has 0 bridgehead atoms. The SMILES string of the molecule is CC(=O)CNC(=O)[C@@H](Cc1ccccc1)CN1CC[C@@](C)(c2cccc(C(N)=O)c2)[C@@H](C)C1. The number of carbonyl (C=O) groups is 3. The lowest BCUT2D eigenvalue weighted by molar-refractivity contribution is -0.128. The Balaban J connectivity index is 1.71. The molecule has 6 heteroatoms. The van der Waals surface area contributed by atoms with Crippen molar-refractivity contribution in [1.29, 1.82) is 0 Å². The summed E-state index contributed by atoms with van der Waals surface area (Å²) in [5.41, 5.74) is 8.20. The molecule has 6 nitrogen and oxygen atoms in total. The Kier molecular flexibility index (Phi) is 8.03. The summed E-state index contributed by atoms with van der Waals surface area (Å²) >= 11 is 0. The fourth-order valence-electron chi connectivity index (χ4n) is 4.75. The maximum atomic E-state index is 12.9. The number of primary amides is 1. The van der Waals surface area contributed by atoms with Gasteiger partial charge in [0.25, 0.3) is 0 Å². The van der Waals surface area contributed by atoms with Crippen molar-refractivity contribution in [3.63, 3.8) is 0 Å². The molecular weight excluding hydrogens is 414 g/mol. The van der Waals surface area contributed by atoms with Crippen molar-refractivity contribution in [2.45, 2.75) is 39.0 Å². The Labute approximate surface area is 196 Å². The van der Waals surface area contributed by atoms with Crippen LogP contribution in [0.3, 0.4) is 0 Å². The van der Waals surface area contributed by atoms with Gasteiger partial charge in [-0.1, -0.05) is 56.3 Å². The highest BCUT2D eigenvalue weighted by molar-refractivity contribution is 5.93. The van der Waals surface area contributed by atoms with Gasteiger partial charge in [0.1, 0.15) is 5.78 Å². The minimum atomic E-state index is -0.411. The smallest absolute Gasteiger partial charge is 0.248 e. The topological polar surface area (TPSA) is 92.5 Å². The molecule has 1 aliphatic heterocycles. The van der Waals surface area contributed by atoms with Gasteiger partial charge in [-0.2, -0.15) is 0 Å². The largest absolute Gasteiger partial charge is 0.366 e. The normalized spacial score (nSPS) is 21.8. The van der Waals surface area contributed by atoms with Gasteiger partial charge < -0.3 is 16.0 Å². The van der Waals surface area contributed by atoms with Gasteiger partial charge in [-0.05, 0) is 60.9 Å². The molecule has 2 amide bonds. The van der Waals surface area contributed by atoms with Crippen LogP contribution in [0, 0.1) is 11.8 Å². The molecule has 1 fully saturated rings. The minimum absolute atomic E-state index is 0.0534. The molecule has 176 valence electrons. The van der Waals surface area contributed by atoms with E-state index in [2.05, 4.69) is 30.1 Å². The number of hydrogen-bond donors (Lipinski definition) is 2. The zero-order valence-electron chi connectivity index (χ0n) is 19.8. The van der Waals surface area contributed by atoms with E-state index in [1.165, 1.54) is 6.92 Å². The number of likely N-dealkylation sites (tertiary alicyclic amines) is 1. The summed E-state index contributed by atoms with van der Waals surface area (Å²) < 4.78 is 0. The molecule has 0 unspecified atom stereocenters. The molecule has 0 aromatic heterocycles. The van der Waals surface area contributed by atoms with Crippen LogP contribution in [-0.2, 0) is 21.4 Å². The van der Waals surface area contributed by atoms with Gasteiger partial charge in [-0.3, -0.25) is 14.4 Å².